The monoisotopic (exact) mass is 326 g/mol. The minimum atomic E-state index is 0.298. The summed E-state index contributed by atoms with van der Waals surface area (Å²) in [5, 5.41) is 11.8. The number of carbonyl (C=O) groups excluding carboxylic acids is 1. The largest absolute Gasteiger partial charge is 0.382 e. The van der Waals surface area contributed by atoms with E-state index < -0.39 is 0 Å². The summed E-state index contributed by atoms with van der Waals surface area (Å²) in [6, 6.07) is 6.75. The van der Waals surface area contributed by atoms with Crippen LogP contribution in [0.1, 0.15) is 44.9 Å². The zero-order valence-electron chi connectivity index (χ0n) is 14.1. The van der Waals surface area contributed by atoms with Gasteiger partial charge in [-0.1, -0.05) is 19.3 Å². The van der Waals surface area contributed by atoms with E-state index in [4.69, 9.17) is 0 Å². The van der Waals surface area contributed by atoms with Crippen molar-refractivity contribution in [2.45, 2.75) is 51.0 Å². The molecule has 1 aromatic carbocycles. The lowest BCUT2D eigenvalue weighted by molar-refractivity contribution is -0.137. The standard InChI is InChI=1S/C19H26N4O/c24-19(14-4-2-1-3-5-14)23-10-8-16(9-11-23)21-17-6-7-18-15(12-17)13-20-22-18/h6-7,12-14,16,21H,1-5,8-11H2,(H,20,22). The summed E-state index contributed by atoms with van der Waals surface area (Å²) in [5.74, 6) is 0.708. The second-order valence-electron chi connectivity index (χ2n) is 7.25. The normalized spacial score (nSPS) is 20.4. The number of carbonyl (C=O) groups is 1. The smallest absolute Gasteiger partial charge is 0.225 e. The highest BCUT2D eigenvalue weighted by Crippen LogP contribution is 2.27. The average molecular weight is 326 g/mol. The summed E-state index contributed by atoms with van der Waals surface area (Å²) in [6.07, 6.45) is 9.87. The van der Waals surface area contributed by atoms with Gasteiger partial charge < -0.3 is 10.2 Å². The lowest BCUT2D eigenvalue weighted by Gasteiger charge is -2.35. The number of likely N-dealkylation sites (tertiary alicyclic amines) is 1. The van der Waals surface area contributed by atoms with Crippen LogP contribution in [0.4, 0.5) is 5.69 Å². The van der Waals surface area contributed by atoms with Crippen molar-refractivity contribution in [3.8, 4) is 0 Å². The molecule has 2 heterocycles. The highest BCUT2D eigenvalue weighted by atomic mass is 16.2. The third kappa shape index (κ3) is 3.25. The number of aromatic nitrogens is 2. The van der Waals surface area contributed by atoms with E-state index in [9.17, 15) is 4.79 Å². The number of amides is 1. The van der Waals surface area contributed by atoms with Gasteiger partial charge in [0.2, 0.25) is 5.91 Å². The summed E-state index contributed by atoms with van der Waals surface area (Å²) in [4.78, 5) is 14.7. The summed E-state index contributed by atoms with van der Waals surface area (Å²) in [7, 11) is 0. The lowest BCUT2D eigenvalue weighted by atomic mass is 9.87. The van der Waals surface area contributed by atoms with E-state index in [0.29, 0.717) is 17.9 Å². The highest BCUT2D eigenvalue weighted by Gasteiger charge is 2.29. The number of fused-ring (bicyclic) bond motifs is 1. The molecule has 1 saturated carbocycles. The molecule has 0 spiro atoms. The molecule has 5 heteroatoms. The Bertz CT molecular complexity index is 696. The maximum atomic E-state index is 12.6. The topological polar surface area (TPSA) is 61.0 Å². The van der Waals surface area contributed by atoms with Crippen LogP contribution in [0.25, 0.3) is 10.9 Å². The molecule has 1 aliphatic heterocycles. The second-order valence-corrected chi connectivity index (χ2v) is 7.25. The van der Waals surface area contributed by atoms with Crippen LogP contribution in [0.2, 0.25) is 0 Å². The Morgan fingerprint density at radius 1 is 1.12 bits per heavy atom. The van der Waals surface area contributed by atoms with Gasteiger partial charge in [-0.25, -0.2) is 0 Å². The Balaban J connectivity index is 1.31. The van der Waals surface area contributed by atoms with Crippen LogP contribution < -0.4 is 5.32 Å². The van der Waals surface area contributed by atoms with Gasteiger partial charge >= 0.3 is 0 Å². The zero-order chi connectivity index (χ0) is 16.4. The van der Waals surface area contributed by atoms with Crippen LogP contribution in [0, 0.1) is 5.92 Å². The molecular weight excluding hydrogens is 300 g/mol. The van der Waals surface area contributed by atoms with Crippen LogP contribution in [0.15, 0.2) is 24.4 Å². The van der Waals surface area contributed by atoms with E-state index in [-0.39, 0.29) is 0 Å². The molecule has 24 heavy (non-hydrogen) atoms. The maximum absolute atomic E-state index is 12.6. The predicted molar refractivity (Wildman–Crippen MR) is 95.9 cm³/mol. The van der Waals surface area contributed by atoms with E-state index >= 15 is 0 Å². The molecule has 2 N–H and O–H groups in total. The van der Waals surface area contributed by atoms with E-state index in [1.54, 1.807) is 0 Å². The molecule has 1 saturated heterocycles. The SMILES string of the molecule is O=C(C1CCCCC1)N1CCC(Nc2ccc3[nH]ncc3c2)CC1. The van der Waals surface area contributed by atoms with Gasteiger partial charge in [0, 0.05) is 36.1 Å². The van der Waals surface area contributed by atoms with Gasteiger partial charge in [-0.15, -0.1) is 0 Å². The third-order valence-electron chi connectivity index (χ3n) is 5.57. The van der Waals surface area contributed by atoms with Gasteiger partial charge in [0.1, 0.15) is 0 Å². The number of piperidine rings is 1. The zero-order valence-corrected chi connectivity index (χ0v) is 14.1. The molecule has 0 radical (unpaired) electrons. The fraction of sp³-hybridized carbons (Fsp3) is 0.579. The summed E-state index contributed by atoms with van der Waals surface area (Å²) < 4.78 is 0. The molecule has 0 bridgehead atoms. The molecule has 4 rings (SSSR count). The van der Waals surface area contributed by atoms with Crippen molar-refractivity contribution in [1.82, 2.24) is 15.1 Å². The van der Waals surface area contributed by atoms with Gasteiger partial charge in [-0.05, 0) is 43.9 Å². The average Bonchev–Trinajstić information content (AvgIpc) is 3.10. The quantitative estimate of drug-likeness (QED) is 0.907. The Morgan fingerprint density at radius 3 is 2.71 bits per heavy atom. The van der Waals surface area contributed by atoms with Crippen LogP contribution in [-0.2, 0) is 4.79 Å². The lowest BCUT2D eigenvalue weighted by Crippen LogP contribution is -2.45. The number of nitrogens with one attached hydrogen (secondary N) is 2. The summed E-state index contributed by atoms with van der Waals surface area (Å²) in [5.41, 5.74) is 2.20. The number of H-pyrrole nitrogens is 1. The van der Waals surface area contributed by atoms with Crippen LogP contribution >= 0.6 is 0 Å². The Hall–Kier alpha value is -2.04. The molecule has 0 unspecified atom stereocenters. The van der Waals surface area contributed by atoms with Gasteiger partial charge in [0.25, 0.3) is 0 Å². The maximum Gasteiger partial charge on any atom is 0.225 e. The van der Waals surface area contributed by atoms with E-state index in [0.717, 1.165) is 55.4 Å². The molecule has 2 aliphatic rings. The minimum absolute atomic E-state index is 0.298. The molecule has 1 aromatic heterocycles. The molecule has 5 nitrogen and oxygen atoms in total. The number of nitrogens with zero attached hydrogens (tertiary/aromatic N) is 2. The molecule has 2 aromatic rings. The van der Waals surface area contributed by atoms with E-state index in [2.05, 4.69) is 38.6 Å². The third-order valence-corrected chi connectivity index (χ3v) is 5.57. The molecule has 2 fully saturated rings. The summed E-state index contributed by atoms with van der Waals surface area (Å²) in [6.45, 7) is 1.78. The molecule has 1 aliphatic carbocycles. The fourth-order valence-electron chi connectivity index (χ4n) is 4.12. The van der Waals surface area contributed by atoms with Crippen molar-refractivity contribution in [3.05, 3.63) is 24.4 Å². The van der Waals surface area contributed by atoms with E-state index in [1.165, 1.54) is 19.3 Å². The number of hydrogen-bond acceptors (Lipinski definition) is 3. The number of rotatable bonds is 3. The first-order chi connectivity index (χ1) is 11.8. The minimum Gasteiger partial charge on any atom is -0.382 e. The molecular formula is C19H26N4O. The first kappa shape index (κ1) is 15.5. The molecule has 128 valence electrons. The van der Waals surface area contributed by atoms with Gasteiger partial charge in [0.15, 0.2) is 0 Å². The first-order valence-electron chi connectivity index (χ1n) is 9.28. The van der Waals surface area contributed by atoms with Crippen LogP contribution in [0.3, 0.4) is 0 Å². The Labute approximate surface area is 142 Å². The molecule has 1 amide bonds. The van der Waals surface area contributed by atoms with Gasteiger partial charge in [-0.3, -0.25) is 9.89 Å². The fourth-order valence-corrected chi connectivity index (χ4v) is 4.12. The number of hydrogen-bond donors (Lipinski definition) is 2. The second kappa shape index (κ2) is 6.83. The van der Waals surface area contributed by atoms with E-state index in [1.807, 2.05) is 6.20 Å². The summed E-state index contributed by atoms with van der Waals surface area (Å²) >= 11 is 0. The number of aromatic amines is 1. The van der Waals surface area contributed by atoms with Crippen molar-refractivity contribution in [1.29, 1.82) is 0 Å². The van der Waals surface area contributed by atoms with Crippen LogP contribution in [0.5, 0.6) is 0 Å². The number of anilines is 1. The Morgan fingerprint density at radius 2 is 1.92 bits per heavy atom. The van der Waals surface area contributed by atoms with Gasteiger partial charge in [-0.2, -0.15) is 5.10 Å². The van der Waals surface area contributed by atoms with Crippen molar-refractivity contribution in [2.24, 2.45) is 5.92 Å². The highest BCUT2D eigenvalue weighted by molar-refractivity contribution is 5.82. The van der Waals surface area contributed by atoms with Crippen molar-refractivity contribution in [3.63, 3.8) is 0 Å². The van der Waals surface area contributed by atoms with Crippen LogP contribution in [-0.4, -0.2) is 40.1 Å². The molecule has 0 atom stereocenters. The van der Waals surface area contributed by atoms with Crippen molar-refractivity contribution < 1.29 is 4.79 Å². The van der Waals surface area contributed by atoms with Gasteiger partial charge in [0.05, 0.1) is 11.7 Å². The van der Waals surface area contributed by atoms with Crippen molar-refractivity contribution >= 4 is 22.5 Å². The first-order valence-corrected chi connectivity index (χ1v) is 9.28. The predicted octanol–water partition coefficient (Wildman–Crippen LogP) is 3.55. The van der Waals surface area contributed by atoms with Crippen molar-refractivity contribution in [2.75, 3.05) is 18.4 Å². The Kier molecular flexibility index (Phi) is 4.41. The number of benzene rings is 1.